The minimum atomic E-state index is 0.588. The summed E-state index contributed by atoms with van der Waals surface area (Å²) in [6.45, 7) is 2.63. The molecule has 0 aromatic heterocycles. The van der Waals surface area contributed by atoms with Crippen LogP contribution < -0.4 is 4.74 Å². The predicted molar refractivity (Wildman–Crippen MR) is 77.4 cm³/mol. The molecular formula is C14H12Br2O. The second-order valence-corrected chi connectivity index (χ2v) is 5.66. The Hall–Kier alpha value is -0.800. The van der Waals surface area contributed by atoms with Crippen molar-refractivity contribution < 1.29 is 4.74 Å². The van der Waals surface area contributed by atoms with Gasteiger partial charge in [-0.1, -0.05) is 50.1 Å². The molecule has 0 aliphatic heterocycles. The van der Waals surface area contributed by atoms with Crippen LogP contribution in [0.2, 0.25) is 0 Å². The van der Waals surface area contributed by atoms with Crippen LogP contribution in [0, 0.1) is 6.92 Å². The Bertz CT molecular complexity index is 506. The molecule has 0 saturated carbocycles. The van der Waals surface area contributed by atoms with E-state index in [0.29, 0.717) is 6.61 Å². The van der Waals surface area contributed by atoms with Crippen LogP contribution in [0.25, 0.3) is 0 Å². The molecule has 17 heavy (non-hydrogen) atoms. The van der Waals surface area contributed by atoms with Gasteiger partial charge in [-0.25, -0.2) is 0 Å². The summed E-state index contributed by atoms with van der Waals surface area (Å²) < 4.78 is 7.92. The van der Waals surface area contributed by atoms with Gasteiger partial charge in [0.05, 0.1) is 0 Å². The molecule has 0 radical (unpaired) electrons. The number of halogens is 2. The van der Waals surface area contributed by atoms with Gasteiger partial charge in [0.15, 0.2) is 0 Å². The van der Waals surface area contributed by atoms with Gasteiger partial charge >= 0.3 is 0 Å². The molecule has 0 saturated heterocycles. The highest BCUT2D eigenvalue weighted by atomic mass is 79.9. The highest BCUT2D eigenvalue weighted by molar-refractivity contribution is 9.10. The summed E-state index contributed by atoms with van der Waals surface area (Å²) in [5.74, 6) is 0.919. The van der Waals surface area contributed by atoms with E-state index in [1.165, 1.54) is 0 Å². The van der Waals surface area contributed by atoms with Gasteiger partial charge in [0.1, 0.15) is 12.4 Å². The van der Waals surface area contributed by atoms with E-state index in [9.17, 15) is 0 Å². The monoisotopic (exact) mass is 354 g/mol. The first-order valence-corrected chi connectivity index (χ1v) is 6.87. The molecular weight excluding hydrogens is 344 g/mol. The van der Waals surface area contributed by atoms with Crippen molar-refractivity contribution in [3.8, 4) is 5.75 Å². The summed E-state index contributed by atoms with van der Waals surface area (Å²) in [7, 11) is 0. The predicted octanol–water partition coefficient (Wildman–Crippen LogP) is 5.10. The molecule has 0 N–H and O–H groups in total. The third-order valence-electron chi connectivity index (χ3n) is 2.46. The Morgan fingerprint density at radius 1 is 0.941 bits per heavy atom. The van der Waals surface area contributed by atoms with E-state index < -0.39 is 0 Å². The fourth-order valence-corrected chi connectivity index (χ4v) is 2.08. The number of hydrogen-bond donors (Lipinski definition) is 0. The van der Waals surface area contributed by atoms with E-state index in [1.54, 1.807) is 0 Å². The lowest BCUT2D eigenvalue weighted by Gasteiger charge is -2.09. The molecule has 0 unspecified atom stereocenters. The van der Waals surface area contributed by atoms with Gasteiger partial charge < -0.3 is 4.74 Å². The van der Waals surface area contributed by atoms with Gasteiger partial charge in [0, 0.05) is 8.95 Å². The normalized spacial score (nSPS) is 10.3. The third kappa shape index (κ3) is 3.58. The van der Waals surface area contributed by atoms with Gasteiger partial charge in [-0.15, -0.1) is 0 Å². The molecule has 88 valence electrons. The maximum absolute atomic E-state index is 5.80. The smallest absolute Gasteiger partial charge is 0.123 e. The SMILES string of the molecule is Cc1ccc(Br)cc1OCc1ccc(Br)cc1. The first-order chi connectivity index (χ1) is 8.15. The van der Waals surface area contributed by atoms with Gasteiger partial charge in [0.2, 0.25) is 0 Å². The van der Waals surface area contributed by atoms with Crippen LogP contribution >= 0.6 is 31.9 Å². The van der Waals surface area contributed by atoms with Crippen molar-refractivity contribution in [3.05, 3.63) is 62.5 Å². The van der Waals surface area contributed by atoms with E-state index in [4.69, 9.17) is 4.74 Å². The minimum absolute atomic E-state index is 0.588. The molecule has 3 heteroatoms. The molecule has 0 heterocycles. The molecule has 2 rings (SSSR count). The van der Waals surface area contributed by atoms with Crippen molar-refractivity contribution in [2.45, 2.75) is 13.5 Å². The summed E-state index contributed by atoms with van der Waals surface area (Å²) in [5.41, 5.74) is 2.30. The van der Waals surface area contributed by atoms with Crippen LogP contribution in [0.15, 0.2) is 51.4 Å². The van der Waals surface area contributed by atoms with Crippen molar-refractivity contribution in [1.29, 1.82) is 0 Å². The molecule has 0 bridgehead atoms. The number of aryl methyl sites for hydroxylation is 1. The fourth-order valence-electron chi connectivity index (χ4n) is 1.47. The summed E-state index contributed by atoms with van der Waals surface area (Å²) >= 11 is 6.86. The zero-order valence-electron chi connectivity index (χ0n) is 9.41. The number of benzene rings is 2. The molecule has 0 amide bonds. The molecule has 2 aromatic carbocycles. The Labute approximate surface area is 118 Å². The topological polar surface area (TPSA) is 9.23 Å². The molecule has 0 aliphatic carbocycles. The summed E-state index contributed by atoms with van der Waals surface area (Å²) in [4.78, 5) is 0. The average Bonchev–Trinajstić information content (AvgIpc) is 2.32. The Morgan fingerprint density at radius 2 is 1.59 bits per heavy atom. The molecule has 0 fully saturated rings. The lowest BCUT2D eigenvalue weighted by molar-refractivity contribution is 0.304. The Kier molecular flexibility index (Phi) is 4.24. The van der Waals surface area contributed by atoms with E-state index in [-0.39, 0.29) is 0 Å². The lowest BCUT2D eigenvalue weighted by Crippen LogP contribution is -1.96. The maximum Gasteiger partial charge on any atom is 0.123 e. The largest absolute Gasteiger partial charge is 0.489 e. The second-order valence-electron chi connectivity index (χ2n) is 3.82. The van der Waals surface area contributed by atoms with Gasteiger partial charge in [-0.3, -0.25) is 0 Å². The third-order valence-corrected chi connectivity index (χ3v) is 3.48. The van der Waals surface area contributed by atoms with Crippen LogP contribution in [-0.2, 0) is 6.61 Å². The minimum Gasteiger partial charge on any atom is -0.489 e. The molecule has 0 atom stereocenters. The van der Waals surface area contributed by atoms with E-state index in [2.05, 4.69) is 44.0 Å². The highest BCUT2D eigenvalue weighted by Gasteiger charge is 2.01. The maximum atomic E-state index is 5.80. The van der Waals surface area contributed by atoms with Crippen LogP contribution in [0.5, 0.6) is 5.75 Å². The van der Waals surface area contributed by atoms with Crippen LogP contribution in [0.3, 0.4) is 0 Å². The summed E-state index contributed by atoms with van der Waals surface area (Å²) in [6.07, 6.45) is 0. The van der Waals surface area contributed by atoms with Crippen molar-refractivity contribution >= 4 is 31.9 Å². The first kappa shape index (κ1) is 12.7. The summed E-state index contributed by atoms with van der Waals surface area (Å²) in [5, 5.41) is 0. The number of hydrogen-bond acceptors (Lipinski definition) is 1. The van der Waals surface area contributed by atoms with Crippen molar-refractivity contribution in [2.75, 3.05) is 0 Å². The quantitative estimate of drug-likeness (QED) is 0.744. The van der Waals surface area contributed by atoms with Gasteiger partial charge in [0.25, 0.3) is 0 Å². The van der Waals surface area contributed by atoms with Gasteiger partial charge in [-0.2, -0.15) is 0 Å². The molecule has 0 aliphatic rings. The Balaban J connectivity index is 2.07. The highest BCUT2D eigenvalue weighted by Crippen LogP contribution is 2.24. The molecule has 1 nitrogen and oxygen atoms in total. The first-order valence-electron chi connectivity index (χ1n) is 5.28. The Morgan fingerprint density at radius 3 is 2.29 bits per heavy atom. The summed E-state index contributed by atoms with van der Waals surface area (Å²) in [6, 6.07) is 14.2. The number of rotatable bonds is 3. The van der Waals surface area contributed by atoms with E-state index in [0.717, 1.165) is 25.8 Å². The van der Waals surface area contributed by atoms with Crippen molar-refractivity contribution in [3.63, 3.8) is 0 Å². The van der Waals surface area contributed by atoms with Crippen LogP contribution in [0.4, 0.5) is 0 Å². The van der Waals surface area contributed by atoms with Gasteiger partial charge in [-0.05, 0) is 42.3 Å². The molecule has 2 aromatic rings. The van der Waals surface area contributed by atoms with Crippen molar-refractivity contribution in [1.82, 2.24) is 0 Å². The zero-order chi connectivity index (χ0) is 12.3. The van der Waals surface area contributed by atoms with E-state index >= 15 is 0 Å². The van der Waals surface area contributed by atoms with E-state index in [1.807, 2.05) is 37.3 Å². The van der Waals surface area contributed by atoms with Crippen LogP contribution in [0.1, 0.15) is 11.1 Å². The second kappa shape index (κ2) is 5.69. The van der Waals surface area contributed by atoms with Crippen LogP contribution in [-0.4, -0.2) is 0 Å². The molecule has 0 spiro atoms. The average molecular weight is 356 g/mol. The number of ether oxygens (including phenoxy) is 1. The standard InChI is InChI=1S/C14H12Br2O/c1-10-2-5-13(16)8-14(10)17-9-11-3-6-12(15)7-4-11/h2-8H,9H2,1H3. The zero-order valence-corrected chi connectivity index (χ0v) is 12.6. The lowest BCUT2D eigenvalue weighted by atomic mass is 10.2. The fraction of sp³-hybridized carbons (Fsp3) is 0.143. The van der Waals surface area contributed by atoms with Crippen molar-refractivity contribution in [2.24, 2.45) is 0 Å².